The summed E-state index contributed by atoms with van der Waals surface area (Å²) in [6, 6.07) is 11.4. The van der Waals surface area contributed by atoms with Crippen molar-refractivity contribution in [1.82, 2.24) is 14.5 Å². The topological polar surface area (TPSA) is 93.5 Å². The first-order valence-corrected chi connectivity index (χ1v) is 13.9. The molecule has 1 saturated carbocycles. The second kappa shape index (κ2) is 12.3. The Hall–Kier alpha value is -3.56. The van der Waals surface area contributed by atoms with Gasteiger partial charge in [-0.05, 0) is 54.2 Å². The first kappa shape index (κ1) is 28.0. The van der Waals surface area contributed by atoms with Gasteiger partial charge in [0.05, 0.1) is 23.2 Å². The van der Waals surface area contributed by atoms with Crippen LogP contribution in [0.15, 0.2) is 65.7 Å². The molecule has 1 saturated heterocycles. The van der Waals surface area contributed by atoms with Crippen molar-refractivity contribution in [3.05, 3.63) is 93.2 Å². The summed E-state index contributed by atoms with van der Waals surface area (Å²) in [5.41, 5.74) is 0.893. The number of benzene rings is 1. The van der Waals surface area contributed by atoms with E-state index in [9.17, 15) is 14.4 Å². The van der Waals surface area contributed by atoms with Crippen LogP contribution in [0.25, 0.3) is 0 Å². The molecule has 1 aliphatic heterocycles. The van der Waals surface area contributed by atoms with E-state index in [0.29, 0.717) is 23.2 Å². The Bertz CT molecular complexity index is 1430. The maximum absolute atomic E-state index is 15.0. The maximum atomic E-state index is 15.0. The zero-order chi connectivity index (χ0) is 28.2. The number of hydrogen-bond acceptors (Lipinski definition) is 5. The van der Waals surface area contributed by atoms with Gasteiger partial charge in [0.25, 0.3) is 5.56 Å². The standard InChI is InChI=1S/C30H32ClFN4O4/c1-40-23-16-26(36(18-23)30(39)34-28-12-9-22(31)17-33-28)27(37)15-21-14-20(8-10-24(21)32)25(11-7-19-5-6-19)35-13-3-2-4-29(35)38/h2-4,8-10,12-14,17,19,23,25-26H,5-7,11,15-16,18H2,1H3,(H,33,34,39)/t23-,25?,26-/m1/s1. The summed E-state index contributed by atoms with van der Waals surface area (Å²) >= 11 is 5.88. The van der Waals surface area contributed by atoms with Crippen molar-refractivity contribution in [2.24, 2.45) is 5.92 Å². The molecule has 2 aliphatic rings. The Morgan fingerprint density at radius 2 is 2.02 bits per heavy atom. The van der Waals surface area contributed by atoms with Gasteiger partial charge in [0.15, 0.2) is 5.78 Å². The van der Waals surface area contributed by atoms with E-state index in [1.165, 1.54) is 43.2 Å². The van der Waals surface area contributed by atoms with Crippen LogP contribution in [-0.2, 0) is 16.0 Å². The van der Waals surface area contributed by atoms with E-state index in [1.807, 2.05) is 6.07 Å². The molecule has 3 atom stereocenters. The summed E-state index contributed by atoms with van der Waals surface area (Å²) < 4.78 is 22.2. The molecule has 0 radical (unpaired) electrons. The van der Waals surface area contributed by atoms with Gasteiger partial charge in [0.1, 0.15) is 11.6 Å². The Labute approximate surface area is 237 Å². The molecule has 40 heavy (non-hydrogen) atoms. The number of nitrogens with zero attached hydrogens (tertiary/aromatic N) is 3. The van der Waals surface area contributed by atoms with Crippen LogP contribution in [-0.4, -0.2) is 52.1 Å². The maximum Gasteiger partial charge on any atom is 0.323 e. The number of rotatable bonds is 10. The number of ketones is 1. The molecule has 3 aromatic rings. The second-order valence-electron chi connectivity index (χ2n) is 10.5. The van der Waals surface area contributed by atoms with Crippen LogP contribution in [0.2, 0.25) is 5.02 Å². The van der Waals surface area contributed by atoms with Crippen molar-refractivity contribution < 1.29 is 18.7 Å². The lowest BCUT2D eigenvalue weighted by molar-refractivity contribution is -0.122. The van der Waals surface area contributed by atoms with Crippen molar-refractivity contribution in [3.8, 4) is 0 Å². The molecular formula is C30H32ClFN4O4. The fourth-order valence-electron chi connectivity index (χ4n) is 5.34. The Kier molecular flexibility index (Phi) is 8.61. The van der Waals surface area contributed by atoms with Gasteiger partial charge >= 0.3 is 6.03 Å². The van der Waals surface area contributed by atoms with E-state index >= 15 is 4.39 Å². The molecule has 10 heteroatoms. The number of likely N-dealkylation sites (tertiary alicyclic amines) is 1. The number of aromatic nitrogens is 2. The molecule has 5 rings (SSSR count). The van der Waals surface area contributed by atoms with Crippen LogP contribution < -0.4 is 10.9 Å². The predicted molar refractivity (Wildman–Crippen MR) is 150 cm³/mol. The lowest BCUT2D eigenvalue weighted by atomic mass is 9.95. The van der Waals surface area contributed by atoms with Gasteiger partial charge in [0, 0.05) is 45.0 Å². The van der Waals surface area contributed by atoms with Gasteiger partial charge < -0.3 is 14.2 Å². The third kappa shape index (κ3) is 6.59. The van der Waals surface area contributed by atoms with Crippen molar-refractivity contribution >= 4 is 29.2 Å². The van der Waals surface area contributed by atoms with Crippen molar-refractivity contribution in [3.63, 3.8) is 0 Å². The molecule has 2 amide bonds. The normalized spacial score (nSPS) is 19.4. The van der Waals surface area contributed by atoms with Gasteiger partial charge in [-0.25, -0.2) is 14.2 Å². The number of Topliss-reactive ketones (excluding diaryl/α,β-unsaturated/α-hetero) is 1. The number of pyridine rings is 2. The van der Waals surface area contributed by atoms with Gasteiger partial charge in [-0.2, -0.15) is 0 Å². The van der Waals surface area contributed by atoms with Crippen LogP contribution in [0.5, 0.6) is 0 Å². The van der Waals surface area contributed by atoms with Crippen molar-refractivity contribution in [2.45, 2.75) is 56.7 Å². The zero-order valence-corrected chi connectivity index (χ0v) is 23.0. The summed E-state index contributed by atoms with van der Waals surface area (Å²) in [5, 5.41) is 3.13. The SMILES string of the molecule is CO[C@@H]1C[C@H](C(=O)Cc2cc(C(CCC3CC3)n3ccccc3=O)ccc2F)N(C(=O)Nc2ccc(Cl)cn2)C1. The van der Waals surface area contributed by atoms with E-state index in [4.69, 9.17) is 16.3 Å². The molecule has 0 bridgehead atoms. The first-order valence-electron chi connectivity index (χ1n) is 13.5. The number of nitrogens with one attached hydrogen (secondary N) is 1. The van der Waals surface area contributed by atoms with E-state index in [-0.39, 0.29) is 42.0 Å². The number of hydrogen-bond donors (Lipinski definition) is 1. The van der Waals surface area contributed by atoms with Crippen LogP contribution in [0, 0.1) is 11.7 Å². The number of carbonyl (C=O) groups is 2. The Morgan fingerprint density at radius 1 is 1.20 bits per heavy atom. The smallest absolute Gasteiger partial charge is 0.323 e. The highest BCUT2D eigenvalue weighted by atomic mass is 35.5. The number of amides is 2. The predicted octanol–water partition coefficient (Wildman–Crippen LogP) is 5.25. The highest BCUT2D eigenvalue weighted by Crippen LogP contribution is 2.37. The molecule has 1 aliphatic carbocycles. The van der Waals surface area contributed by atoms with Crippen LogP contribution in [0.3, 0.4) is 0 Å². The molecule has 8 nitrogen and oxygen atoms in total. The number of anilines is 1. The van der Waals surface area contributed by atoms with Crippen LogP contribution in [0.1, 0.15) is 49.3 Å². The summed E-state index contributed by atoms with van der Waals surface area (Å²) in [4.78, 5) is 44.8. The molecule has 1 N–H and O–H groups in total. The monoisotopic (exact) mass is 566 g/mol. The Balaban J connectivity index is 1.36. The van der Waals surface area contributed by atoms with Gasteiger partial charge in [0.2, 0.25) is 0 Å². The van der Waals surface area contributed by atoms with E-state index in [0.717, 1.165) is 18.4 Å². The lowest BCUT2D eigenvalue weighted by Gasteiger charge is -2.24. The third-order valence-corrected chi connectivity index (χ3v) is 7.97. The molecule has 2 aromatic heterocycles. The average molecular weight is 567 g/mol. The second-order valence-corrected chi connectivity index (χ2v) is 11.0. The lowest BCUT2D eigenvalue weighted by Crippen LogP contribution is -2.43. The largest absolute Gasteiger partial charge is 0.380 e. The minimum atomic E-state index is -0.789. The number of urea groups is 1. The first-order chi connectivity index (χ1) is 19.3. The van der Waals surface area contributed by atoms with Crippen molar-refractivity contribution in [2.75, 3.05) is 19.0 Å². The van der Waals surface area contributed by atoms with Gasteiger partial charge in [-0.1, -0.05) is 42.6 Å². The summed E-state index contributed by atoms with van der Waals surface area (Å²) in [6.07, 6.45) is 7.07. The average Bonchev–Trinajstić information content (AvgIpc) is 3.67. The quantitative estimate of drug-likeness (QED) is 0.362. The minimum Gasteiger partial charge on any atom is -0.380 e. The van der Waals surface area contributed by atoms with Crippen molar-refractivity contribution in [1.29, 1.82) is 0 Å². The van der Waals surface area contributed by atoms with E-state index in [2.05, 4.69) is 10.3 Å². The zero-order valence-electron chi connectivity index (χ0n) is 22.3. The van der Waals surface area contributed by atoms with Crippen LogP contribution >= 0.6 is 11.6 Å². The van der Waals surface area contributed by atoms with Gasteiger partial charge in [-0.15, -0.1) is 0 Å². The number of methoxy groups -OCH3 is 1. The summed E-state index contributed by atoms with van der Waals surface area (Å²) in [5.74, 6) is 0.177. The highest BCUT2D eigenvalue weighted by Gasteiger charge is 2.40. The number of halogens is 2. The summed E-state index contributed by atoms with van der Waals surface area (Å²) in [6.45, 7) is 0.217. The third-order valence-electron chi connectivity index (χ3n) is 7.74. The molecule has 1 unspecified atom stereocenters. The van der Waals surface area contributed by atoms with Gasteiger partial charge in [-0.3, -0.25) is 14.9 Å². The Morgan fingerprint density at radius 3 is 2.73 bits per heavy atom. The molecule has 1 aromatic carbocycles. The fraction of sp³-hybridized carbons (Fsp3) is 0.400. The van der Waals surface area contributed by atoms with Crippen LogP contribution in [0.4, 0.5) is 15.0 Å². The fourth-order valence-corrected chi connectivity index (χ4v) is 5.45. The molecule has 210 valence electrons. The highest BCUT2D eigenvalue weighted by molar-refractivity contribution is 6.30. The molecule has 0 spiro atoms. The van der Waals surface area contributed by atoms with E-state index < -0.39 is 17.9 Å². The molecular weight excluding hydrogens is 535 g/mol. The molecule has 3 heterocycles. The van der Waals surface area contributed by atoms with E-state index in [1.54, 1.807) is 41.1 Å². The number of carbonyl (C=O) groups excluding carboxylic acids is 2. The molecule has 2 fully saturated rings. The minimum absolute atomic E-state index is 0.126. The number of ether oxygens (including phenoxy) is 1. The summed E-state index contributed by atoms with van der Waals surface area (Å²) in [7, 11) is 1.53.